The lowest BCUT2D eigenvalue weighted by Gasteiger charge is -2.23. The van der Waals surface area contributed by atoms with Gasteiger partial charge in [-0.05, 0) is 44.6 Å². The maximum absolute atomic E-state index is 4.41. The van der Waals surface area contributed by atoms with Gasteiger partial charge in [-0.2, -0.15) is 0 Å². The minimum atomic E-state index is 0.792. The van der Waals surface area contributed by atoms with Gasteiger partial charge >= 0.3 is 0 Å². The van der Waals surface area contributed by atoms with Crippen molar-refractivity contribution in [3.63, 3.8) is 0 Å². The molecule has 4 heteroatoms. The highest BCUT2D eigenvalue weighted by Crippen LogP contribution is 2.19. The Balaban J connectivity index is 1.92. The number of nitrogens with zero attached hydrogens (tertiary/aromatic N) is 3. The average molecular weight is 262 g/mol. The van der Waals surface area contributed by atoms with Crippen molar-refractivity contribution in [2.24, 2.45) is 5.92 Å². The summed E-state index contributed by atoms with van der Waals surface area (Å²) in [6, 6.07) is 4.30. The maximum Gasteiger partial charge on any atom is 0.0562 e. The first-order valence-electron chi connectivity index (χ1n) is 7.24. The number of rotatable bonds is 6. The van der Waals surface area contributed by atoms with E-state index < -0.39 is 0 Å². The highest BCUT2D eigenvalue weighted by molar-refractivity contribution is 5.45. The van der Waals surface area contributed by atoms with Gasteiger partial charge in [0, 0.05) is 38.6 Å². The molecule has 0 spiro atoms. The van der Waals surface area contributed by atoms with E-state index in [0.29, 0.717) is 0 Å². The van der Waals surface area contributed by atoms with Crippen LogP contribution in [0, 0.1) is 5.92 Å². The summed E-state index contributed by atoms with van der Waals surface area (Å²) in [6.07, 6.45) is 3.23. The quantitative estimate of drug-likeness (QED) is 0.843. The van der Waals surface area contributed by atoms with Crippen molar-refractivity contribution < 1.29 is 0 Å². The molecule has 1 aromatic rings. The molecular formula is C15H26N4. The number of nitrogens with one attached hydrogen (secondary N) is 1. The van der Waals surface area contributed by atoms with Crippen LogP contribution in [0.25, 0.3) is 0 Å². The van der Waals surface area contributed by atoms with Gasteiger partial charge in [0.2, 0.25) is 0 Å². The van der Waals surface area contributed by atoms with E-state index in [-0.39, 0.29) is 0 Å². The monoisotopic (exact) mass is 262 g/mol. The Hall–Kier alpha value is -1.13. The number of hydrogen-bond acceptors (Lipinski definition) is 4. The number of likely N-dealkylation sites (tertiary alicyclic amines) is 1. The molecule has 1 aromatic heterocycles. The zero-order valence-corrected chi connectivity index (χ0v) is 12.4. The van der Waals surface area contributed by atoms with Gasteiger partial charge in [0.15, 0.2) is 0 Å². The minimum Gasteiger partial charge on any atom is -0.374 e. The Morgan fingerprint density at radius 3 is 3.05 bits per heavy atom. The van der Waals surface area contributed by atoms with Crippen molar-refractivity contribution in [2.45, 2.75) is 19.9 Å². The fourth-order valence-electron chi connectivity index (χ4n) is 2.72. The molecule has 0 aromatic carbocycles. The molecule has 1 saturated heterocycles. The van der Waals surface area contributed by atoms with Crippen molar-refractivity contribution in [1.29, 1.82) is 0 Å². The van der Waals surface area contributed by atoms with Crippen LogP contribution >= 0.6 is 0 Å². The van der Waals surface area contributed by atoms with Gasteiger partial charge in [-0.15, -0.1) is 0 Å². The van der Waals surface area contributed by atoms with Crippen LogP contribution in [0.15, 0.2) is 18.3 Å². The van der Waals surface area contributed by atoms with E-state index in [9.17, 15) is 0 Å². The first kappa shape index (κ1) is 14.3. The standard InChI is InChI=1S/C15H26N4/c1-4-16-10-14-9-15(5-7-17-14)19(3)12-13-6-8-18(2)11-13/h5,7,9,13,16H,4,6,8,10-12H2,1-3H3. The van der Waals surface area contributed by atoms with E-state index in [0.717, 1.165) is 31.2 Å². The van der Waals surface area contributed by atoms with E-state index in [1.54, 1.807) is 0 Å². The molecular weight excluding hydrogens is 236 g/mol. The highest BCUT2D eigenvalue weighted by Gasteiger charge is 2.20. The van der Waals surface area contributed by atoms with Crippen molar-refractivity contribution in [3.05, 3.63) is 24.0 Å². The summed E-state index contributed by atoms with van der Waals surface area (Å²) in [5, 5.41) is 3.32. The summed E-state index contributed by atoms with van der Waals surface area (Å²) in [7, 11) is 4.39. The lowest BCUT2D eigenvalue weighted by molar-refractivity contribution is 0.396. The Morgan fingerprint density at radius 2 is 2.37 bits per heavy atom. The molecule has 1 fully saturated rings. The maximum atomic E-state index is 4.41. The van der Waals surface area contributed by atoms with Crippen LogP contribution in [-0.2, 0) is 6.54 Å². The van der Waals surface area contributed by atoms with Crippen LogP contribution in [-0.4, -0.2) is 50.2 Å². The summed E-state index contributed by atoms with van der Waals surface area (Å²) in [6.45, 7) is 7.54. The van der Waals surface area contributed by atoms with Crippen LogP contribution in [0.3, 0.4) is 0 Å². The Morgan fingerprint density at radius 1 is 1.53 bits per heavy atom. The van der Waals surface area contributed by atoms with E-state index in [1.165, 1.54) is 25.2 Å². The molecule has 0 aliphatic carbocycles. The molecule has 0 radical (unpaired) electrons. The molecule has 1 atom stereocenters. The number of anilines is 1. The summed E-state index contributed by atoms with van der Waals surface area (Å²) in [5.74, 6) is 0.792. The highest BCUT2D eigenvalue weighted by atomic mass is 15.2. The molecule has 0 saturated carbocycles. The van der Waals surface area contributed by atoms with E-state index in [2.05, 4.69) is 53.3 Å². The van der Waals surface area contributed by atoms with E-state index in [4.69, 9.17) is 0 Å². The first-order chi connectivity index (χ1) is 9.19. The number of hydrogen-bond donors (Lipinski definition) is 1. The minimum absolute atomic E-state index is 0.792. The fourth-order valence-corrected chi connectivity index (χ4v) is 2.72. The van der Waals surface area contributed by atoms with Gasteiger partial charge in [-0.25, -0.2) is 0 Å². The van der Waals surface area contributed by atoms with Gasteiger partial charge < -0.3 is 15.1 Å². The smallest absolute Gasteiger partial charge is 0.0562 e. The van der Waals surface area contributed by atoms with Gasteiger partial charge in [0.05, 0.1) is 5.69 Å². The van der Waals surface area contributed by atoms with Crippen LogP contribution in [0.1, 0.15) is 19.0 Å². The third-order valence-electron chi connectivity index (χ3n) is 3.82. The molecule has 1 aliphatic rings. The second-order valence-electron chi connectivity index (χ2n) is 5.58. The molecule has 0 bridgehead atoms. The van der Waals surface area contributed by atoms with Crippen molar-refractivity contribution in [3.8, 4) is 0 Å². The third-order valence-corrected chi connectivity index (χ3v) is 3.82. The second-order valence-corrected chi connectivity index (χ2v) is 5.58. The van der Waals surface area contributed by atoms with Crippen LogP contribution < -0.4 is 10.2 Å². The van der Waals surface area contributed by atoms with Gasteiger partial charge in [0.25, 0.3) is 0 Å². The van der Waals surface area contributed by atoms with Crippen LogP contribution in [0.5, 0.6) is 0 Å². The molecule has 4 nitrogen and oxygen atoms in total. The number of pyridine rings is 1. The largest absolute Gasteiger partial charge is 0.374 e. The second kappa shape index (κ2) is 6.87. The lowest BCUT2D eigenvalue weighted by Crippen LogP contribution is -2.27. The number of aromatic nitrogens is 1. The summed E-state index contributed by atoms with van der Waals surface area (Å²) >= 11 is 0. The lowest BCUT2D eigenvalue weighted by atomic mass is 10.1. The van der Waals surface area contributed by atoms with Gasteiger partial charge in [0.1, 0.15) is 0 Å². The summed E-state index contributed by atoms with van der Waals surface area (Å²) in [4.78, 5) is 9.19. The van der Waals surface area contributed by atoms with Gasteiger partial charge in [-0.3, -0.25) is 4.98 Å². The fraction of sp³-hybridized carbons (Fsp3) is 0.667. The normalized spacial score (nSPS) is 19.8. The van der Waals surface area contributed by atoms with E-state index >= 15 is 0 Å². The molecule has 1 unspecified atom stereocenters. The molecule has 2 heterocycles. The Bertz CT molecular complexity index is 393. The topological polar surface area (TPSA) is 31.4 Å². The Labute approximate surface area is 116 Å². The zero-order chi connectivity index (χ0) is 13.7. The molecule has 0 amide bonds. The third kappa shape index (κ3) is 4.18. The summed E-state index contributed by atoms with van der Waals surface area (Å²) < 4.78 is 0. The molecule has 19 heavy (non-hydrogen) atoms. The van der Waals surface area contributed by atoms with Gasteiger partial charge in [-0.1, -0.05) is 6.92 Å². The van der Waals surface area contributed by atoms with E-state index in [1.807, 2.05) is 6.20 Å². The molecule has 1 aliphatic heterocycles. The van der Waals surface area contributed by atoms with Crippen LogP contribution in [0.4, 0.5) is 5.69 Å². The predicted octanol–water partition coefficient (Wildman–Crippen LogP) is 1.58. The zero-order valence-electron chi connectivity index (χ0n) is 12.4. The van der Waals surface area contributed by atoms with Crippen LogP contribution in [0.2, 0.25) is 0 Å². The SMILES string of the molecule is CCNCc1cc(N(C)CC2CCN(C)C2)ccn1. The van der Waals surface area contributed by atoms with Crippen molar-refractivity contribution in [2.75, 3.05) is 45.2 Å². The molecule has 2 rings (SSSR count). The van der Waals surface area contributed by atoms with Crippen molar-refractivity contribution in [1.82, 2.24) is 15.2 Å². The molecule has 1 N–H and O–H groups in total. The first-order valence-corrected chi connectivity index (χ1v) is 7.24. The average Bonchev–Trinajstić information content (AvgIpc) is 2.82. The van der Waals surface area contributed by atoms with Crippen molar-refractivity contribution >= 4 is 5.69 Å². The Kier molecular flexibility index (Phi) is 5.16. The predicted molar refractivity (Wildman–Crippen MR) is 80.5 cm³/mol. The molecule has 106 valence electrons. The summed E-state index contributed by atoms with van der Waals surface area (Å²) in [5.41, 5.74) is 2.40.